The summed E-state index contributed by atoms with van der Waals surface area (Å²) in [7, 11) is 4.56. The zero-order chi connectivity index (χ0) is 105. The maximum Gasteiger partial charge on any atom is 0.573 e. The molecule has 20 rings (SSSR count). The second-order valence-electron chi connectivity index (χ2n) is 34.3. The van der Waals surface area contributed by atoms with Gasteiger partial charge in [-0.15, -0.1) is 26.3 Å². The molecule has 1 unspecified atom stereocenters. The summed E-state index contributed by atoms with van der Waals surface area (Å²) in [6.07, 6.45) is -18.1. The molecule has 9 heterocycles. The number of para-hydroxylation sites is 4. The molecule has 0 N–H and O–H groups in total. The van der Waals surface area contributed by atoms with Gasteiger partial charge in [-0.2, -0.15) is 64.4 Å². The lowest BCUT2D eigenvalue weighted by Crippen LogP contribution is -2.38. The Bertz CT molecular complexity index is 7230. The van der Waals surface area contributed by atoms with Crippen molar-refractivity contribution >= 4 is 22.7 Å². The van der Waals surface area contributed by atoms with Crippen molar-refractivity contribution in [2.75, 3.05) is 113 Å². The molecule has 5 aromatic heterocycles. The zero-order valence-electron chi connectivity index (χ0n) is 80.2. The Kier molecular flexibility index (Phi) is 32.5. The minimum absolute atomic E-state index is 0.00209. The van der Waals surface area contributed by atoms with Crippen molar-refractivity contribution in [1.29, 1.82) is 0 Å². The first-order valence-corrected chi connectivity index (χ1v) is 46.5. The molecule has 0 bridgehead atoms. The third-order valence-corrected chi connectivity index (χ3v) is 24.4. The lowest BCUT2D eigenvalue weighted by atomic mass is 9.94. The lowest BCUT2D eigenvalue weighted by Gasteiger charge is -2.37. The number of nitrogens with zero attached hydrogens (tertiary/aromatic N) is 14. The summed E-state index contributed by atoms with van der Waals surface area (Å²) in [6, 6.07) is 60.0. The number of halogens is 16. The van der Waals surface area contributed by atoms with Crippen LogP contribution >= 0.6 is 0 Å². The molecule has 16 aromatic rings. The van der Waals surface area contributed by atoms with Crippen LogP contribution in [-0.4, -0.2) is 163 Å². The summed E-state index contributed by atoms with van der Waals surface area (Å²) >= 11 is 0. The Hall–Kier alpha value is -15.9. The summed E-state index contributed by atoms with van der Waals surface area (Å²) < 4.78 is 275. The van der Waals surface area contributed by atoms with E-state index < -0.39 is 59.5 Å². The van der Waals surface area contributed by atoms with Gasteiger partial charge >= 0.3 is 31.3 Å². The maximum absolute atomic E-state index is 13.9. The van der Waals surface area contributed by atoms with E-state index in [9.17, 15) is 70.2 Å². The zero-order valence-corrected chi connectivity index (χ0v) is 80.2. The van der Waals surface area contributed by atoms with Gasteiger partial charge < -0.3 is 75.4 Å². The normalized spacial score (nSPS) is 14.6. The molecule has 0 spiro atoms. The summed E-state index contributed by atoms with van der Waals surface area (Å²) in [6.45, 7) is 15.8. The largest absolute Gasteiger partial charge is 0.573 e. The Morgan fingerprint density at radius 1 is 0.291 bits per heavy atom. The van der Waals surface area contributed by atoms with Gasteiger partial charge in [0, 0.05) is 102 Å². The van der Waals surface area contributed by atoms with Crippen LogP contribution in [0.2, 0.25) is 0 Å². The van der Waals surface area contributed by atoms with Crippen molar-refractivity contribution in [3.05, 3.63) is 270 Å². The van der Waals surface area contributed by atoms with Gasteiger partial charge in [0.25, 0.3) is 29.5 Å². The monoisotopic (exact) mass is 2060 g/mol. The number of alkyl halides is 15. The number of aromatic nitrogens is 10. The molecule has 0 saturated carbocycles. The average Bonchev–Trinajstić information content (AvgIpc) is 1.49. The Balaban J connectivity index is 0.000000132. The van der Waals surface area contributed by atoms with Crippen LogP contribution < -0.4 is 43.3 Å². The number of anilines is 4. The standard InChI is InChI=1S/C23H17F3N2O2.C22H21F4N3O2.C21H17F6N3O2.C20H18F3N3O3.C20H21N3O3/c1-14-7-3-4-8-16(14)17-12-11-15(13-19(17)23(24,25)26)22-27-21(28-30-22)18-9-5-6-10-20(18)29-2;1-13-5-3-4-10-29(13)18-8-6-14(11-17(18)22(24,25)26)21-27-20(28-31-21)16-12-15(23)7-9-19(16)30-2;22-20(23,24)15-12-13(8-9-16(15)30-10-4-1-5-11-30)19-28-18(29-32-19)14-6-2-3-7-17(14)31-21(25,26)27;1-13-12-14(6-7-16(13)26-8-10-27-11-9-26)19-24-18(25-29-19)15-4-2-3-5-17(15)28-20(21,22)23;1-14-13-15(7-8-17(14)23-9-11-25-12-10-23)20-21-19(22-26-20)16-5-3-4-6-18(16)24-2/h3-13H,1-2H3;6-9,11-13H,3-5,10H2,1-2H3;2-3,6-9,12H,1,4-5,10-11H2;2-7,12H,8-11H2,1H3;3-8,13H,9-12H2,1-2H3. The van der Waals surface area contributed by atoms with Crippen molar-refractivity contribution in [2.45, 2.75) is 104 Å². The van der Waals surface area contributed by atoms with E-state index in [1.54, 1.807) is 84.5 Å². The molecule has 4 saturated heterocycles. The van der Waals surface area contributed by atoms with E-state index in [1.807, 2.05) is 62.4 Å². The highest BCUT2D eigenvalue weighted by Crippen LogP contribution is 2.47. The molecule has 42 heteroatoms. The van der Waals surface area contributed by atoms with E-state index in [0.29, 0.717) is 72.8 Å². The van der Waals surface area contributed by atoms with Crippen LogP contribution in [0.25, 0.3) is 125 Å². The summed E-state index contributed by atoms with van der Waals surface area (Å²) in [5, 5.41) is 19.3. The molecule has 4 fully saturated rings. The van der Waals surface area contributed by atoms with E-state index in [-0.39, 0.29) is 109 Å². The number of aryl methyl sites for hydroxylation is 3. The second kappa shape index (κ2) is 45.8. The molecular formula is C106H94F16N14O12. The minimum atomic E-state index is -4.94. The molecule has 0 aliphatic carbocycles. The Morgan fingerprint density at radius 3 is 1.00 bits per heavy atom. The van der Waals surface area contributed by atoms with Gasteiger partial charge in [-0.25, -0.2) is 4.39 Å². The number of ether oxygens (including phenoxy) is 7. The number of piperidine rings is 2. The maximum atomic E-state index is 13.9. The second-order valence-corrected chi connectivity index (χ2v) is 34.3. The van der Waals surface area contributed by atoms with Crippen LogP contribution in [0.1, 0.15) is 78.8 Å². The molecule has 4 aliphatic heterocycles. The number of hydrogen-bond donors (Lipinski definition) is 0. The first-order valence-electron chi connectivity index (χ1n) is 46.5. The highest BCUT2D eigenvalue weighted by Gasteiger charge is 2.41. The van der Waals surface area contributed by atoms with Crippen LogP contribution in [0.5, 0.6) is 28.7 Å². The van der Waals surface area contributed by atoms with Crippen LogP contribution in [0.3, 0.4) is 0 Å². The fourth-order valence-electron chi connectivity index (χ4n) is 17.3. The fourth-order valence-corrected chi connectivity index (χ4v) is 17.3. The minimum Gasteiger partial charge on any atom is -0.496 e. The van der Waals surface area contributed by atoms with E-state index in [2.05, 4.69) is 89.0 Å². The fraction of sp³-hybridized carbons (Fsp3) is 0.283. The Labute approximate surface area is 836 Å². The smallest absolute Gasteiger partial charge is 0.496 e. The van der Waals surface area contributed by atoms with Crippen molar-refractivity contribution < 1.29 is 126 Å². The van der Waals surface area contributed by atoms with Crippen molar-refractivity contribution in [1.82, 2.24) is 50.7 Å². The number of rotatable bonds is 20. The SMILES string of the molecule is COc1ccc(F)cc1-c1noc(-c2ccc(N3CCCCC3C)c(C(F)(F)F)c2)n1.COc1ccccc1-c1noc(-c2ccc(-c3ccccc3C)c(C(F)(F)F)c2)n1.COc1ccccc1-c1noc(-c2ccc(N3CCOCC3)c(C)c2)n1.Cc1cc(-c2nc(-c3ccccc3OC(F)(F)F)no2)ccc1N1CCOCC1.FC(F)(F)Oc1ccccc1-c1noc(-c2ccc(N3CCCCC3)c(C(F)(F)F)c2)n1. The lowest BCUT2D eigenvalue weighted by molar-refractivity contribution is -0.275. The van der Waals surface area contributed by atoms with Crippen LogP contribution in [0.15, 0.2) is 253 Å². The van der Waals surface area contributed by atoms with E-state index in [1.165, 1.54) is 110 Å². The molecule has 1 atom stereocenters. The molecule has 26 nitrogen and oxygen atoms in total. The van der Waals surface area contributed by atoms with E-state index in [4.69, 9.17) is 46.3 Å². The Morgan fingerprint density at radius 2 is 0.615 bits per heavy atom. The van der Waals surface area contributed by atoms with Crippen LogP contribution in [0.4, 0.5) is 93.0 Å². The number of benzene rings is 11. The summed E-state index contributed by atoms with van der Waals surface area (Å²) in [5.74, 6) is 1.05. The molecule has 11 aromatic carbocycles. The van der Waals surface area contributed by atoms with E-state index in [0.717, 1.165) is 136 Å². The average molecular weight is 2060 g/mol. The van der Waals surface area contributed by atoms with Crippen LogP contribution in [0, 0.1) is 26.6 Å². The first kappa shape index (κ1) is 105. The number of methoxy groups -OCH3 is 3. The van der Waals surface area contributed by atoms with E-state index >= 15 is 0 Å². The predicted molar refractivity (Wildman–Crippen MR) is 516 cm³/mol. The summed E-state index contributed by atoms with van der Waals surface area (Å²) in [5.41, 5.74) is 7.36. The van der Waals surface area contributed by atoms with Gasteiger partial charge in [0.15, 0.2) is 0 Å². The first-order chi connectivity index (χ1) is 70.9. The molecule has 0 radical (unpaired) electrons. The van der Waals surface area contributed by atoms with Gasteiger partial charge in [0.05, 0.1) is 92.3 Å². The van der Waals surface area contributed by atoms with Gasteiger partial charge in [0.1, 0.15) is 34.6 Å². The molecule has 148 heavy (non-hydrogen) atoms. The molecular weight excluding hydrogens is 1970 g/mol. The predicted octanol–water partition coefficient (Wildman–Crippen LogP) is 26.7. The third-order valence-electron chi connectivity index (χ3n) is 24.4. The molecule has 4 aliphatic rings. The quantitative estimate of drug-likeness (QED) is 0.0641. The highest BCUT2D eigenvalue weighted by atomic mass is 19.4. The summed E-state index contributed by atoms with van der Waals surface area (Å²) in [4.78, 5) is 29.4. The van der Waals surface area contributed by atoms with Crippen molar-refractivity contribution in [3.63, 3.8) is 0 Å². The topological polar surface area (TPSA) is 272 Å². The van der Waals surface area contributed by atoms with Crippen LogP contribution in [-0.2, 0) is 28.0 Å². The van der Waals surface area contributed by atoms with Gasteiger partial charge in [-0.05, 0) is 246 Å². The molecule has 772 valence electrons. The van der Waals surface area contributed by atoms with Gasteiger partial charge in [-0.1, -0.05) is 105 Å². The van der Waals surface area contributed by atoms with Gasteiger partial charge in [0.2, 0.25) is 29.1 Å². The highest BCUT2D eigenvalue weighted by molar-refractivity contribution is 5.78. The number of morpholine rings is 2. The van der Waals surface area contributed by atoms with Crippen molar-refractivity contribution in [2.24, 2.45) is 0 Å². The third kappa shape index (κ3) is 25.6. The van der Waals surface area contributed by atoms with Crippen molar-refractivity contribution in [3.8, 4) is 154 Å². The van der Waals surface area contributed by atoms with Gasteiger partial charge in [-0.3, -0.25) is 0 Å². The number of hydrogen-bond acceptors (Lipinski definition) is 26. The molecule has 0 amide bonds.